The number of nitrogens with zero attached hydrogens (tertiary/aromatic N) is 5. The predicted octanol–water partition coefficient (Wildman–Crippen LogP) is 2.40. The fraction of sp³-hybridized carbons (Fsp3) is 0.353. The molecule has 1 aliphatic heterocycles. The molecule has 4 rings (SSSR count). The summed E-state index contributed by atoms with van der Waals surface area (Å²) >= 11 is 0. The van der Waals surface area contributed by atoms with Crippen molar-refractivity contribution in [2.75, 3.05) is 18.1 Å². The highest BCUT2D eigenvalue weighted by Gasteiger charge is 2.30. The van der Waals surface area contributed by atoms with Gasteiger partial charge < -0.3 is 9.64 Å². The highest BCUT2D eigenvalue weighted by Crippen LogP contribution is 2.30. The number of hydrogen-bond acceptors (Lipinski definition) is 5. The maximum Gasteiger partial charge on any atom is 0.203 e. The van der Waals surface area contributed by atoms with Crippen LogP contribution in [0.4, 0.5) is 5.82 Å². The van der Waals surface area contributed by atoms with E-state index < -0.39 is 0 Å². The Morgan fingerprint density at radius 3 is 3.00 bits per heavy atom. The predicted molar refractivity (Wildman–Crippen MR) is 87.5 cm³/mol. The quantitative estimate of drug-likeness (QED) is 0.727. The number of rotatable bonds is 2. The van der Waals surface area contributed by atoms with Crippen molar-refractivity contribution < 1.29 is 4.74 Å². The van der Waals surface area contributed by atoms with Gasteiger partial charge in [0, 0.05) is 12.4 Å². The SMILES string of the molecule is Cc1ccccc1[C@H]1CN(c2nccn3cnnc23)[C@@H](C)CO1. The Hall–Kier alpha value is -2.47. The van der Waals surface area contributed by atoms with Crippen LogP contribution in [0, 0.1) is 6.92 Å². The maximum atomic E-state index is 6.09. The molecule has 3 heterocycles. The van der Waals surface area contributed by atoms with Crippen molar-refractivity contribution in [1.82, 2.24) is 19.6 Å². The monoisotopic (exact) mass is 309 g/mol. The lowest BCUT2D eigenvalue weighted by Crippen LogP contribution is -2.46. The van der Waals surface area contributed by atoms with Crippen LogP contribution in [0.25, 0.3) is 5.65 Å². The average Bonchev–Trinajstić information content (AvgIpc) is 3.05. The molecule has 0 aliphatic carbocycles. The van der Waals surface area contributed by atoms with Gasteiger partial charge in [-0.1, -0.05) is 24.3 Å². The van der Waals surface area contributed by atoms with Crippen molar-refractivity contribution >= 4 is 11.5 Å². The molecule has 118 valence electrons. The largest absolute Gasteiger partial charge is 0.370 e. The van der Waals surface area contributed by atoms with Crippen LogP contribution in [0.5, 0.6) is 0 Å². The lowest BCUT2D eigenvalue weighted by Gasteiger charge is -2.39. The highest BCUT2D eigenvalue weighted by atomic mass is 16.5. The van der Waals surface area contributed by atoms with Gasteiger partial charge in [0.2, 0.25) is 5.65 Å². The van der Waals surface area contributed by atoms with Crippen molar-refractivity contribution in [3.63, 3.8) is 0 Å². The zero-order valence-corrected chi connectivity index (χ0v) is 13.3. The number of hydrogen-bond donors (Lipinski definition) is 0. The molecule has 6 nitrogen and oxygen atoms in total. The van der Waals surface area contributed by atoms with Gasteiger partial charge >= 0.3 is 0 Å². The molecule has 0 spiro atoms. The maximum absolute atomic E-state index is 6.09. The molecule has 0 saturated carbocycles. The molecule has 1 fully saturated rings. The Labute approximate surface area is 134 Å². The third kappa shape index (κ3) is 2.45. The summed E-state index contributed by atoms with van der Waals surface area (Å²) in [6.07, 6.45) is 5.39. The standard InChI is InChI=1S/C17H19N5O/c1-12-5-3-4-6-14(12)15-9-22(13(2)10-23-15)16-17-20-19-11-21(17)8-7-18-16/h3-8,11,13,15H,9-10H2,1-2H3/t13-,15+/m0/s1. The van der Waals surface area contributed by atoms with Gasteiger partial charge in [0.15, 0.2) is 5.82 Å². The Balaban J connectivity index is 1.70. The third-order valence-corrected chi connectivity index (χ3v) is 4.44. The Morgan fingerprint density at radius 2 is 2.13 bits per heavy atom. The first-order valence-electron chi connectivity index (χ1n) is 7.82. The van der Waals surface area contributed by atoms with Crippen LogP contribution in [0.15, 0.2) is 43.0 Å². The van der Waals surface area contributed by atoms with E-state index in [2.05, 4.69) is 58.2 Å². The number of ether oxygens (including phenoxy) is 1. The summed E-state index contributed by atoms with van der Waals surface area (Å²) in [7, 11) is 0. The van der Waals surface area contributed by atoms with Crippen molar-refractivity contribution in [3.8, 4) is 0 Å². The fourth-order valence-corrected chi connectivity index (χ4v) is 3.14. The molecule has 0 unspecified atom stereocenters. The fourth-order valence-electron chi connectivity index (χ4n) is 3.14. The van der Waals surface area contributed by atoms with E-state index >= 15 is 0 Å². The van der Waals surface area contributed by atoms with Crippen LogP contribution in [0.2, 0.25) is 0 Å². The summed E-state index contributed by atoms with van der Waals surface area (Å²) in [5.41, 5.74) is 3.27. The number of benzene rings is 1. The van der Waals surface area contributed by atoms with Crippen LogP contribution in [-0.4, -0.2) is 38.8 Å². The van der Waals surface area contributed by atoms with E-state index in [-0.39, 0.29) is 12.1 Å². The lowest BCUT2D eigenvalue weighted by atomic mass is 10.0. The Bertz CT molecular complexity index is 830. The molecular formula is C17H19N5O. The second-order valence-corrected chi connectivity index (χ2v) is 5.99. The van der Waals surface area contributed by atoms with E-state index in [9.17, 15) is 0 Å². The van der Waals surface area contributed by atoms with Crippen LogP contribution in [0.3, 0.4) is 0 Å². The Morgan fingerprint density at radius 1 is 1.26 bits per heavy atom. The van der Waals surface area contributed by atoms with Crippen molar-refractivity contribution in [2.45, 2.75) is 26.0 Å². The van der Waals surface area contributed by atoms with Gasteiger partial charge in [-0.05, 0) is 25.0 Å². The summed E-state index contributed by atoms with van der Waals surface area (Å²) in [6, 6.07) is 8.62. The van der Waals surface area contributed by atoms with Gasteiger partial charge in [0.05, 0.1) is 19.2 Å². The molecule has 1 aromatic carbocycles. The molecule has 0 N–H and O–H groups in total. The minimum absolute atomic E-state index is 0.0392. The van der Waals surface area contributed by atoms with E-state index in [1.807, 2.05) is 10.6 Å². The van der Waals surface area contributed by atoms with Gasteiger partial charge in [-0.2, -0.15) is 0 Å². The number of anilines is 1. The number of aromatic nitrogens is 4. The zero-order chi connectivity index (χ0) is 15.8. The van der Waals surface area contributed by atoms with Crippen LogP contribution in [-0.2, 0) is 4.74 Å². The van der Waals surface area contributed by atoms with Crippen molar-refractivity contribution in [1.29, 1.82) is 0 Å². The summed E-state index contributed by atoms with van der Waals surface area (Å²) in [5.74, 6) is 0.861. The van der Waals surface area contributed by atoms with Crippen molar-refractivity contribution in [2.24, 2.45) is 0 Å². The van der Waals surface area contributed by atoms with Crippen LogP contribution >= 0.6 is 0 Å². The second-order valence-electron chi connectivity index (χ2n) is 5.99. The number of aryl methyl sites for hydroxylation is 1. The van der Waals surface area contributed by atoms with Crippen molar-refractivity contribution in [3.05, 3.63) is 54.1 Å². The van der Waals surface area contributed by atoms with E-state index in [4.69, 9.17) is 4.74 Å². The molecular weight excluding hydrogens is 290 g/mol. The molecule has 0 radical (unpaired) electrons. The minimum atomic E-state index is 0.0392. The average molecular weight is 309 g/mol. The molecule has 0 amide bonds. The van der Waals surface area contributed by atoms with Gasteiger partial charge in [0.1, 0.15) is 12.4 Å². The molecule has 2 atom stereocenters. The van der Waals surface area contributed by atoms with Gasteiger partial charge in [-0.25, -0.2) is 4.98 Å². The van der Waals surface area contributed by atoms with E-state index in [0.29, 0.717) is 6.61 Å². The van der Waals surface area contributed by atoms with Gasteiger partial charge in [0.25, 0.3) is 0 Å². The summed E-state index contributed by atoms with van der Waals surface area (Å²) in [4.78, 5) is 6.82. The molecule has 1 saturated heterocycles. The van der Waals surface area contributed by atoms with E-state index in [1.165, 1.54) is 11.1 Å². The second kappa shape index (κ2) is 5.62. The molecule has 3 aromatic rings. The van der Waals surface area contributed by atoms with Crippen LogP contribution < -0.4 is 4.90 Å². The minimum Gasteiger partial charge on any atom is -0.370 e. The summed E-state index contributed by atoms with van der Waals surface area (Å²) < 4.78 is 7.99. The summed E-state index contributed by atoms with van der Waals surface area (Å²) in [6.45, 7) is 5.69. The van der Waals surface area contributed by atoms with E-state index in [1.54, 1.807) is 12.5 Å². The van der Waals surface area contributed by atoms with Crippen LogP contribution in [0.1, 0.15) is 24.2 Å². The first kappa shape index (κ1) is 14.1. The summed E-state index contributed by atoms with van der Waals surface area (Å²) in [5, 5.41) is 8.20. The molecule has 2 aromatic heterocycles. The third-order valence-electron chi connectivity index (χ3n) is 4.44. The highest BCUT2D eigenvalue weighted by molar-refractivity contribution is 5.64. The first-order chi connectivity index (χ1) is 11.2. The van der Waals surface area contributed by atoms with E-state index in [0.717, 1.165) is 18.0 Å². The Kier molecular flexibility index (Phi) is 3.46. The zero-order valence-electron chi connectivity index (χ0n) is 13.3. The molecule has 1 aliphatic rings. The normalized spacial score (nSPS) is 21.7. The van der Waals surface area contributed by atoms with Gasteiger partial charge in [-0.3, -0.25) is 4.40 Å². The first-order valence-corrected chi connectivity index (χ1v) is 7.82. The lowest BCUT2D eigenvalue weighted by molar-refractivity contribution is 0.0209. The smallest absolute Gasteiger partial charge is 0.203 e. The molecule has 0 bridgehead atoms. The number of fused-ring (bicyclic) bond motifs is 1. The van der Waals surface area contributed by atoms with Gasteiger partial charge in [-0.15, -0.1) is 10.2 Å². The molecule has 23 heavy (non-hydrogen) atoms. The number of morpholine rings is 1. The topological polar surface area (TPSA) is 55.6 Å². The molecule has 6 heteroatoms.